The maximum atomic E-state index is 11.7. The normalized spacial score (nSPS) is 24.9. The van der Waals surface area contributed by atoms with Gasteiger partial charge in [-0.25, -0.2) is 4.99 Å². The summed E-state index contributed by atoms with van der Waals surface area (Å²) in [5.74, 6) is 0.565. The van der Waals surface area contributed by atoms with Gasteiger partial charge in [-0.05, 0) is 37.3 Å². The van der Waals surface area contributed by atoms with Gasteiger partial charge in [0.15, 0.2) is 0 Å². The molecule has 2 N–H and O–H groups in total. The van der Waals surface area contributed by atoms with Crippen molar-refractivity contribution in [2.24, 2.45) is 4.99 Å². The number of aliphatic imine (C=N–C) groups is 1. The smallest absolute Gasteiger partial charge is 0.286 e. The van der Waals surface area contributed by atoms with Crippen LogP contribution in [0.3, 0.4) is 0 Å². The van der Waals surface area contributed by atoms with Crippen LogP contribution in [0.2, 0.25) is 0 Å². The Labute approximate surface area is 188 Å². The van der Waals surface area contributed by atoms with Crippen molar-refractivity contribution in [3.63, 3.8) is 0 Å². The molecule has 2 amide bonds. The third-order valence-corrected chi connectivity index (χ3v) is 9.07. The van der Waals surface area contributed by atoms with Crippen LogP contribution in [0, 0.1) is 0 Å². The van der Waals surface area contributed by atoms with Crippen LogP contribution in [-0.2, 0) is 11.2 Å². The summed E-state index contributed by atoms with van der Waals surface area (Å²) in [5, 5.41) is 1.70. The largest absolute Gasteiger partial charge is 0.492 e. The molecule has 2 aliphatic heterocycles. The molecule has 2 heterocycles. The Balaban J connectivity index is 1.26. The van der Waals surface area contributed by atoms with Gasteiger partial charge in [0, 0.05) is 17.0 Å². The first-order chi connectivity index (χ1) is 14.9. The fourth-order valence-corrected chi connectivity index (χ4v) is 6.14. The summed E-state index contributed by atoms with van der Waals surface area (Å²) >= 11 is 1.05. The van der Waals surface area contributed by atoms with Gasteiger partial charge in [0.1, 0.15) is 12.4 Å². The highest BCUT2D eigenvalue weighted by molar-refractivity contribution is 8.45. The third-order valence-electron chi connectivity index (χ3n) is 5.29. The van der Waals surface area contributed by atoms with Crippen LogP contribution in [-0.4, -0.2) is 41.4 Å². The molecule has 0 aromatic heterocycles. The van der Waals surface area contributed by atoms with E-state index in [2.05, 4.69) is 40.3 Å². The van der Waals surface area contributed by atoms with Gasteiger partial charge < -0.3 is 4.74 Å². The molecule has 8 heteroatoms. The average Bonchev–Trinajstić information content (AvgIpc) is 3.25. The predicted molar refractivity (Wildman–Crippen MR) is 130 cm³/mol. The zero-order valence-electron chi connectivity index (χ0n) is 17.5. The van der Waals surface area contributed by atoms with E-state index in [0.717, 1.165) is 34.3 Å². The first-order valence-electron chi connectivity index (χ1n) is 10.0. The van der Waals surface area contributed by atoms with Gasteiger partial charge in [-0.2, -0.15) is 0 Å². The van der Waals surface area contributed by atoms with Crippen LogP contribution < -0.4 is 14.8 Å². The lowest BCUT2D eigenvalue weighted by molar-refractivity contribution is -0.118. The number of thioether (sulfide) groups is 1. The second-order valence-corrected chi connectivity index (χ2v) is 11.7. The monoisotopic (exact) mass is 455 g/mol. The van der Waals surface area contributed by atoms with E-state index >= 15 is 0 Å². The topological polar surface area (TPSA) is 79.8 Å². The summed E-state index contributed by atoms with van der Waals surface area (Å²) in [6, 6.07) is 17.9. The number of hydrogen-bond acceptors (Lipinski definition) is 6. The Morgan fingerprint density at radius 3 is 2.55 bits per heavy atom. The van der Waals surface area contributed by atoms with Gasteiger partial charge in [0.05, 0.1) is 16.5 Å². The standard InChI is InChI=1S/C23H25N3O3S2/c1-16-21(18-6-4-3-5-7-18)24-15-31(16,2)25-12-13-29-19-10-8-17(9-11-19)14-20-22(27)26-23(28)30-20/h3-11,15,20,25H,12-14H2,1-2H3,(H,26,27,28). The first-order valence-corrected chi connectivity index (χ1v) is 13.0. The number of imide groups is 1. The number of ether oxygens (including phenoxy) is 1. The van der Waals surface area contributed by atoms with E-state index in [9.17, 15) is 9.59 Å². The highest BCUT2D eigenvalue weighted by atomic mass is 32.3. The zero-order valence-corrected chi connectivity index (χ0v) is 19.1. The maximum Gasteiger partial charge on any atom is 0.286 e. The maximum absolute atomic E-state index is 11.7. The molecule has 0 aliphatic carbocycles. The van der Waals surface area contributed by atoms with Gasteiger partial charge in [-0.1, -0.05) is 54.2 Å². The second kappa shape index (κ2) is 9.30. The lowest BCUT2D eigenvalue weighted by Crippen LogP contribution is -2.25. The van der Waals surface area contributed by atoms with E-state index in [-0.39, 0.29) is 16.4 Å². The Kier molecular flexibility index (Phi) is 6.50. The molecule has 2 aromatic carbocycles. The highest BCUT2D eigenvalue weighted by Crippen LogP contribution is 2.53. The molecule has 0 radical (unpaired) electrons. The summed E-state index contributed by atoms with van der Waals surface area (Å²) in [4.78, 5) is 28.9. The van der Waals surface area contributed by atoms with E-state index in [4.69, 9.17) is 4.74 Å². The number of hydrogen-bond donors (Lipinski definition) is 2. The Bertz CT molecular complexity index is 1040. The van der Waals surface area contributed by atoms with Gasteiger partial charge in [-0.3, -0.25) is 19.6 Å². The number of amides is 2. The number of nitrogens with zero attached hydrogens (tertiary/aromatic N) is 1. The quantitative estimate of drug-likeness (QED) is 0.579. The molecule has 1 saturated heterocycles. The molecule has 6 nitrogen and oxygen atoms in total. The number of carbonyl (C=O) groups is 2. The molecule has 0 bridgehead atoms. The summed E-state index contributed by atoms with van der Waals surface area (Å²) in [5.41, 5.74) is 5.24. The molecule has 0 spiro atoms. The fourth-order valence-electron chi connectivity index (χ4n) is 3.43. The molecule has 0 saturated carbocycles. The van der Waals surface area contributed by atoms with Gasteiger partial charge in [0.2, 0.25) is 5.91 Å². The second-order valence-electron chi connectivity index (χ2n) is 7.46. The zero-order chi connectivity index (χ0) is 21.8. The fraction of sp³-hybridized carbons (Fsp3) is 0.261. The van der Waals surface area contributed by atoms with E-state index in [1.807, 2.05) is 48.0 Å². The van der Waals surface area contributed by atoms with Gasteiger partial charge in [0.25, 0.3) is 5.24 Å². The molecule has 31 heavy (non-hydrogen) atoms. The minimum absolute atomic E-state index is 0.215. The van der Waals surface area contributed by atoms with Crippen molar-refractivity contribution in [2.75, 3.05) is 19.4 Å². The Hall–Kier alpha value is -2.55. The summed E-state index contributed by atoms with van der Waals surface area (Å²) in [7, 11) is -1.27. The summed E-state index contributed by atoms with van der Waals surface area (Å²) in [6.45, 7) is 3.40. The number of carbonyl (C=O) groups excluding carboxylic acids is 2. The van der Waals surface area contributed by atoms with Crippen molar-refractivity contribution in [2.45, 2.75) is 18.6 Å². The number of nitrogens with one attached hydrogen (secondary N) is 2. The van der Waals surface area contributed by atoms with Crippen LogP contribution >= 0.6 is 22.0 Å². The van der Waals surface area contributed by atoms with Crippen LogP contribution in [0.15, 0.2) is 64.5 Å². The van der Waals surface area contributed by atoms with Gasteiger partial charge >= 0.3 is 0 Å². The van der Waals surface area contributed by atoms with Crippen molar-refractivity contribution < 1.29 is 14.3 Å². The van der Waals surface area contributed by atoms with Crippen molar-refractivity contribution >= 4 is 44.4 Å². The van der Waals surface area contributed by atoms with E-state index < -0.39 is 10.2 Å². The molecule has 2 aromatic rings. The van der Waals surface area contributed by atoms with Crippen molar-refractivity contribution in [1.82, 2.24) is 10.0 Å². The lowest BCUT2D eigenvalue weighted by Gasteiger charge is -2.31. The molecule has 2 aliphatic rings. The Morgan fingerprint density at radius 2 is 1.87 bits per heavy atom. The van der Waals surface area contributed by atoms with E-state index in [0.29, 0.717) is 19.6 Å². The number of allylic oxidation sites excluding steroid dienone is 1. The number of benzene rings is 2. The van der Waals surface area contributed by atoms with E-state index in [1.165, 1.54) is 4.91 Å². The van der Waals surface area contributed by atoms with Gasteiger partial charge in [-0.15, -0.1) is 10.2 Å². The molecule has 4 rings (SSSR count). The molecule has 1 fully saturated rings. The van der Waals surface area contributed by atoms with Crippen molar-refractivity contribution in [1.29, 1.82) is 0 Å². The SMILES string of the molecule is CC1=C(c2ccccc2)N=CS1(C)NCCOc1ccc(CC2SC(=O)NC2=O)cc1. The van der Waals surface area contributed by atoms with Crippen LogP contribution in [0.25, 0.3) is 5.70 Å². The summed E-state index contributed by atoms with van der Waals surface area (Å²) < 4.78 is 9.49. The highest BCUT2D eigenvalue weighted by Gasteiger charge is 2.31. The molecular weight excluding hydrogens is 430 g/mol. The molecular formula is C23H25N3O3S2. The van der Waals surface area contributed by atoms with Crippen LogP contribution in [0.1, 0.15) is 18.1 Å². The molecule has 2 atom stereocenters. The van der Waals surface area contributed by atoms with Crippen LogP contribution in [0.4, 0.5) is 4.79 Å². The number of rotatable bonds is 8. The first kappa shape index (κ1) is 21.7. The van der Waals surface area contributed by atoms with E-state index in [1.54, 1.807) is 0 Å². The molecule has 162 valence electrons. The third kappa shape index (κ3) is 5.03. The van der Waals surface area contributed by atoms with Crippen molar-refractivity contribution in [3.8, 4) is 5.75 Å². The minimum atomic E-state index is -1.27. The average molecular weight is 456 g/mol. The Morgan fingerprint density at radius 1 is 1.13 bits per heavy atom. The molecule has 2 unspecified atom stereocenters. The summed E-state index contributed by atoms with van der Waals surface area (Å²) in [6.07, 6.45) is 2.74. The van der Waals surface area contributed by atoms with Crippen LogP contribution in [0.5, 0.6) is 5.75 Å². The predicted octanol–water partition coefficient (Wildman–Crippen LogP) is 4.33. The lowest BCUT2D eigenvalue weighted by atomic mass is 10.1. The van der Waals surface area contributed by atoms with Crippen molar-refractivity contribution in [3.05, 3.63) is 70.6 Å². The minimum Gasteiger partial charge on any atom is -0.492 e.